The Hall–Kier alpha value is -1.43. The molecule has 0 spiro atoms. The molecule has 1 aliphatic rings. The molecule has 2 heteroatoms. The molecule has 0 bridgehead atoms. The summed E-state index contributed by atoms with van der Waals surface area (Å²) in [6.45, 7) is 4.49. The molecule has 1 aromatic heterocycles. The van der Waals surface area contributed by atoms with E-state index in [2.05, 4.69) is 68.1 Å². The van der Waals surface area contributed by atoms with Crippen molar-refractivity contribution in [3.05, 3.63) is 46.8 Å². The van der Waals surface area contributed by atoms with E-state index in [9.17, 15) is 0 Å². The second-order valence-electron chi connectivity index (χ2n) is 7.84. The van der Waals surface area contributed by atoms with Gasteiger partial charge in [0.15, 0.2) is 0 Å². The Bertz CT molecular complexity index is 829. The quantitative estimate of drug-likeness (QED) is 0.402. The van der Waals surface area contributed by atoms with Crippen LogP contribution in [0.1, 0.15) is 43.0 Å². The van der Waals surface area contributed by atoms with E-state index in [1.54, 1.807) is 11.3 Å². The van der Waals surface area contributed by atoms with Crippen molar-refractivity contribution in [1.29, 1.82) is 0 Å². The first-order valence-electron chi connectivity index (χ1n) is 9.34. The first-order chi connectivity index (χ1) is 12.3. The summed E-state index contributed by atoms with van der Waals surface area (Å²) in [5.74, 6) is 14.1. The van der Waals surface area contributed by atoms with Crippen molar-refractivity contribution in [2.45, 2.75) is 39.5 Å². The average Bonchev–Trinajstić information content (AvgIpc) is 3.06. The highest BCUT2D eigenvalue weighted by atomic mass is 32.2. The zero-order valence-electron chi connectivity index (χ0n) is 16.5. The number of terminal acetylenes is 1. The van der Waals surface area contributed by atoms with Crippen LogP contribution in [-0.4, -0.2) is 23.7 Å². The van der Waals surface area contributed by atoms with Crippen LogP contribution in [0.15, 0.2) is 36.4 Å². The van der Waals surface area contributed by atoms with Crippen LogP contribution in [-0.2, 0) is 0 Å². The molecular weight excluding hydrogens is 352 g/mol. The molecule has 1 aliphatic carbocycles. The third kappa shape index (κ3) is 6.71. The highest BCUT2D eigenvalue weighted by Gasteiger charge is 2.21. The molecule has 140 valence electrons. The second-order valence-corrected chi connectivity index (χ2v) is 12.2. The van der Waals surface area contributed by atoms with Crippen molar-refractivity contribution in [3.63, 3.8) is 0 Å². The number of aryl methyl sites for hydroxylation is 1. The van der Waals surface area contributed by atoms with Crippen molar-refractivity contribution in [1.82, 2.24) is 0 Å². The van der Waals surface area contributed by atoms with Gasteiger partial charge in [-0.05, 0) is 54.9 Å². The summed E-state index contributed by atoms with van der Waals surface area (Å²) in [5, 5.41) is 0. The molecule has 2 aromatic rings. The fraction of sp³-hybridized carbons (Fsp3) is 0.417. The van der Waals surface area contributed by atoms with Crippen molar-refractivity contribution >= 4 is 32.3 Å². The fourth-order valence-corrected chi connectivity index (χ4v) is 5.80. The van der Waals surface area contributed by atoms with Crippen LogP contribution >= 0.6 is 20.5 Å². The van der Waals surface area contributed by atoms with Crippen LogP contribution in [0.4, 0.5) is 0 Å². The number of thiophene rings is 1. The lowest BCUT2D eigenvalue weighted by Gasteiger charge is -2.30. The van der Waals surface area contributed by atoms with Crippen molar-refractivity contribution in [3.8, 4) is 22.8 Å². The van der Waals surface area contributed by atoms with Gasteiger partial charge in [-0.3, -0.25) is 0 Å². The zero-order chi connectivity index (χ0) is 19.2. The van der Waals surface area contributed by atoms with Crippen LogP contribution < -0.4 is 0 Å². The second kappa shape index (κ2) is 9.49. The van der Waals surface area contributed by atoms with Gasteiger partial charge in [0.1, 0.15) is 0 Å². The van der Waals surface area contributed by atoms with E-state index in [0.29, 0.717) is 0 Å². The maximum Gasteiger partial charge on any atom is 0.0772 e. The van der Waals surface area contributed by atoms with Crippen LogP contribution in [0.3, 0.4) is 0 Å². The number of benzene rings is 1. The molecule has 1 unspecified atom stereocenters. The van der Waals surface area contributed by atoms with Crippen molar-refractivity contribution in [2.24, 2.45) is 11.8 Å². The van der Waals surface area contributed by atoms with Crippen LogP contribution in [0.5, 0.6) is 0 Å². The first-order valence-corrected chi connectivity index (χ1v) is 12.7. The average molecular weight is 385 g/mol. The minimum absolute atomic E-state index is 0.757. The Balaban J connectivity index is 0.000000190. The van der Waals surface area contributed by atoms with E-state index in [1.807, 2.05) is 6.07 Å². The lowest BCUT2D eigenvalue weighted by molar-refractivity contribution is 0.282. The maximum absolute atomic E-state index is 5.33. The van der Waals surface area contributed by atoms with E-state index in [-0.39, 0.29) is 0 Å². The monoisotopic (exact) mass is 384 g/mol. The van der Waals surface area contributed by atoms with Crippen molar-refractivity contribution in [2.75, 3.05) is 12.0 Å². The van der Waals surface area contributed by atoms with Crippen LogP contribution in [0.25, 0.3) is 10.4 Å². The minimum Gasteiger partial charge on any atom is -0.217 e. The maximum atomic E-state index is 5.33. The molecule has 1 aromatic carbocycles. The Morgan fingerprint density at radius 1 is 1.12 bits per heavy atom. The van der Waals surface area contributed by atoms with Gasteiger partial charge >= 0.3 is 0 Å². The Labute approximate surface area is 165 Å². The summed E-state index contributed by atoms with van der Waals surface area (Å²) in [4.78, 5) is 2.22. The third-order valence-corrected chi connectivity index (χ3v) is 7.29. The summed E-state index contributed by atoms with van der Waals surface area (Å²) >= 11 is 1.66. The molecule has 1 saturated carbocycles. The minimum atomic E-state index is -0.757. The molecule has 3 rings (SSSR count). The van der Waals surface area contributed by atoms with Crippen molar-refractivity contribution < 1.29 is 0 Å². The molecule has 26 heavy (non-hydrogen) atoms. The van der Waals surface area contributed by atoms with Gasteiger partial charge in [-0.25, -0.2) is 9.21 Å². The highest BCUT2D eigenvalue weighted by molar-refractivity contribution is 8.27. The Morgan fingerprint density at radius 3 is 2.31 bits per heavy atom. The molecule has 0 radical (unpaired) electrons. The molecule has 0 N–H and O–H groups in total. The van der Waals surface area contributed by atoms with E-state index in [4.69, 9.17) is 6.42 Å². The summed E-state index contributed by atoms with van der Waals surface area (Å²) in [7, 11) is -0.757. The fourth-order valence-electron chi connectivity index (χ4n) is 3.45. The number of rotatable bonds is 3. The van der Waals surface area contributed by atoms with Gasteiger partial charge in [0.25, 0.3) is 0 Å². The van der Waals surface area contributed by atoms with E-state index in [1.165, 1.54) is 47.4 Å². The summed E-state index contributed by atoms with van der Waals surface area (Å²) in [6, 6.07) is 12.5. The topological polar surface area (TPSA) is 0 Å². The molecule has 1 heterocycles. The third-order valence-electron chi connectivity index (χ3n) is 4.99. The molecule has 0 aliphatic heterocycles. The van der Waals surface area contributed by atoms with Gasteiger partial charge in [0.2, 0.25) is 0 Å². The molecule has 0 amide bonds. The van der Waals surface area contributed by atoms with Gasteiger partial charge < -0.3 is 0 Å². The molecule has 0 saturated heterocycles. The lowest BCUT2D eigenvalue weighted by Crippen LogP contribution is -2.19. The van der Waals surface area contributed by atoms with Gasteiger partial charge in [-0.1, -0.05) is 73.7 Å². The van der Waals surface area contributed by atoms with Gasteiger partial charge in [0, 0.05) is 4.88 Å². The largest absolute Gasteiger partial charge is 0.217 e. The lowest BCUT2D eigenvalue weighted by atomic mass is 9.82. The predicted molar refractivity (Wildman–Crippen MR) is 126 cm³/mol. The zero-order valence-corrected chi connectivity index (χ0v) is 18.1. The summed E-state index contributed by atoms with van der Waals surface area (Å²) in [5.41, 5.74) is 2.52. The Kier molecular flexibility index (Phi) is 7.62. The molecule has 1 fully saturated rings. The summed E-state index contributed by atoms with van der Waals surface area (Å²) in [6.07, 6.45) is 13.3. The van der Waals surface area contributed by atoms with Crippen LogP contribution in [0.2, 0.25) is 0 Å². The van der Waals surface area contributed by atoms with Gasteiger partial charge in [-0.15, -0.1) is 17.8 Å². The standard InChI is InChI=1S/C13H10S.C11H22S/c1-3-12-8-9-13(14-12)11-6-4-10(2)5-7-11;1-10-7-5-6-8-11(10)9-12(2,3)4/h1,4-9H,2H3;10-11H,2-3,5-9H2,1,4H3/t;10-,11?/m.0/s1. The van der Waals surface area contributed by atoms with Crippen LogP contribution in [0, 0.1) is 31.1 Å². The van der Waals surface area contributed by atoms with Gasteiger partial charge in [-0.2, -0.15) is 0 Å². The van der Waals surface area contributed by atoms with E-state index in [0.717, 1.165) is 16.7 Å². The summed E-state index contributed by atoms with van der Waals surface area (Å²) < 4.78 is 0. The molecular formula is C24H32S2. The number of hydrogen-bond donors (Lipinski definition) is 0. The number of hydrogen-bond acceptors (Lipinski definition) is 1. The molecule has 2 atom stereocenters. The first kappa shape index (κ1) is 20.9. The van der Waals surface area contributed by atoms with E-state index < -0.39 is 9.21 Å². The normalized spacial score (nSPS) is 19.9. The smallest absolute Gasteiger partial charge is 0.0772 e. The van der Waals surface area contributed by atoms with E-state index >= 15 is 0 Å². The highest BCUT2D eigenvalue weighted by Crippen LogP contribution is 2.34. The molecule has 0 nitrogen and oxygen atoms in total. The Morgan fingerprint density at radius 2 is 1.77 bits per heavy atom. The van der Waals surface area contributed by atoms with Gasteiger partial charge in [0.05, 0.1) is 4.88 Å². The predicted octanol–water partition coefficient (Wildman–Crippen LogP) is 6.82. The SMILES string of the molecule is C#Cc1ccc(-c2ccc(C)cc2)s1.C=S(=C)(C)CC1CCCC[C@@H]1C.